The number of nitrogens with zero attached hydrogens (tertiary/aromatic N) is 3. The van der Waals surface area contributed by atoms with Gasteiger partial charge < -0.3 is 10.2 Å². The molecule has 1 saturated heterocycles. The zero-order valence-electron chi connectivity index (χ0n) is 13.5. The molecule has 0 aromatic carbocycles. The van der Waals surface area contributed by atoms with Crippen LogP contribution in [0, 0.1) is 6.92 Å². The third-order valence-electron chi connectivity index (χ3n) is 3.63. The molecule has 4 nitrogen and oxygen atoms in total. The fraction of sp³-hybridized carbons (Fsp3) is 0.800. The van der Waals surface area contributed by atoms with Gasteiger partial charge in [0.1, 0.15) is 5.82 Å². The number of hydrogen-bond donors (Lipinski definition) is 1. The number of nitrogens with one attached hydrogen (secondary N) is 1. The van der Waals surface area contributed by atoms with E-state index in [0.717, 1.165) is 25.3 Å². The first-order valence-corrected chi connectivity index (χ1v) is 8.64. The Balaban J connectivity index is 2.22. The minimum Gasteiger partial charge on any atom is -0.356 e. The predicted molar refractivity (Wildman–Crippen MR) is 88.7 cm³/mol. The highest BCUT2D eigenvalue weighted by Crippen LogP contribution is 2.26. The molecule has 1 aliphatic rings. The van der Waals surface area contributed by atoms with Crippen molar-refractivity contribution >= 4 is 17.6 Å². The lowest BCUT2D eigenvalue weighted by molar-refractivity contribution is 0.423. The molecule has 1 aromatic heterocycles. The Labute approximate surface area is 127 Å². The van der Waals surface area contributed by atoms with Crippen molar-refractivity contribution in [1.82, 2.24) is 15.1 Å². The fourth-order valence-electron chi connectivity index (χ4n) is 2.60. The van der Waals surface area contributed by atoms with Crippen molar-refractivity contribution < 1.29 is 0 Å². The Morgan fingerprint density at radius 3 is 2.70 bits per heavy atom. The van der Waals surface area contributed by atoms with Gasteiger partial charge in [-0.05, 0) is 39.9 Å². The molecule has 0 spiro atoms. The number of aryl methyl sites for hydroxylation is 2. The molecule has 1 N–H and O–H groups in total. The van der Waals surface area contributed by atoms with Gasteiger partial charge in [0.25, 0.3) is 0 Å². The van der Waals surface area contributed by atoms with Crippen molar-refractivity contribution in [2.24, 2.45) is 7.05 Å². The molecule has 20 heavy (non-hydrogen) atoms. The molecular formula is C15H28N4S. The Morgan fingerprint density at radius 1 is 1.25 bits per heavy atom. The Bertz CT molecular complexity index is 439. The maximum Gasteiger partial charge on any atom is 0.131 e. The first-order chi connectivity index (χ1) is 9.38. The van der Waals surface area contributed by atoms with Crippen LogP contribution in [0.25, 0.3) is 0 Å². The van der Waals surface area contributed by atoms with Crippen molar-refractivity contribution in [2.45, 2.75) is 46.2 Å². The smallest absolute Gasteiger partial charge is 0.131 e. The van der Waals surface area contributed by atoms with Gasteiger partial charge in [0.05, 0.1) is 5.69 Å². The first-order valence-electron chi connectivity index (χ1n) is 7.48. The standard InChI is InChI=1S/C15H28N4S/c1-12-13(11-16-15(2,3)4)14(18(5)17-12)19-7-6-9-20-10-8-19/h16H,6-11H2,1-5H3. The van der Waals surface area contributed by atoms with Gasteiger partial charge >= 0.3 is 0 Å². The van der Waals surface area contributed by atoms with Crippen LogP contribution in [0.2, 0.25) is 0 Å². The average molecular weight is 296 g/mol. The molecule has 0 saturated carbocycles. The van der Waals surface area contributed by atoms with E-state index in [-0.39, 0.29) is 5.54 Å². The number of hydrogen-bond acceptors (Lipinski definition) is 4. The zero-order valence-corrected chi connectivity index (χ0v) is 14.3. The summed E-state index contributed by atoms with van der Waals surface area (Å²) in [7, 11) is 2.07. The van der Waals surface area contributed by atoms with Crippen LogP contribution >= 0.6 is 11.8 Å². The number of aromatic nitrogens is 2. The van der Waals surface area contributed by atoms with E-state index in [4.69, 9.17) is 0 Å². The Hall–Kier alpha value is -0.680. The molecule has 0 atom stereocenters. The quantitative estimate of drug-likeness (QED) is 0.929. The Morgan fingerprint density at radius 2 is 2.00 bits per heavy atom. The SMILES string of the molecule is Cc1nn(C)c(N2CCCSCC2)c1CNC(C)(C)C. The van der Waals surface area contributed by atoms with Crippen molar-refractivity contribution in [3.63, 3.8) is 0 Å². The highest BCUT2D eigenvalue weighted by Gasteiger charge is 2.21. The lowest BCUT2D eigenvalue weighted by Gasteiger charge is -2.26. The third-order valence-corrected chi connectivity index (χ3v) is 4.68. The number of thioether (sulfide) groups is 1. The van der Waals surface area contributed by atoms with Gasteiger partial charge in [0.2, 0.25) is 0 Å². The summed E-state index contributed by atoms with van der Waals surface area (Å²) < 4.78 is 2.06. The van der Waals surface area contributed by atoms with Gasteiger partial charge in [0.15, 0.2) is 0 Å². The van der Waals surface area contributed by atoms with Crippen LogP contribution in [-0.4, -0.2) is 39.9 Å². The highest BCUT2D eigenvalue weighted by molar-refractivity contribution is 7.99. The molecule has 2 rings (SSSR count). The molecule has 1 aliphatic heterocycles. The van der Waals surface area contributed by atoms with Crippen LogP contribution in [-0.2, 0) is 13.6 Å². The summed E-state index contributed by atoms with van der Waals surface area (Å²) in [5.74, 6) is 3.81. The molecular weight excluding hydrogens is 268 g/mol. The second kappa shape index (κ2) is 6.39. The molecule has 0 aliphatic carbocycles. The van der Waals surface area contributed by atoms with Crippen molar-refractivity contribution in [1.29, 1.82) is 0 Å². The number of anilines is 1. The highest BCUT2D eigenvalue weighted by atomic mass is 32.2. The molecule has 2 heterocycles. The largest absolute Gasteiger partial charge is 0.356 e. The molecule has 0 amide bonds. The van der Waals surface area contributed by atoms with Crippen LogP contribution in [0.15, 0.2) is 0 Å². The minimum absolute atomic E-state index is 0.133. The normalized spacial score (nSPS) is 17.4. The van der Waals surface area contributed by atoms with Crippen LogP contribution in [0.4, 0.5) is 5.82 Å². The van der Waals surface area contributed by atoms with Crippen LogP contribution in [0.1, 0.15) is 38.4 Å². The maximum atomic E-state index is 4.65. The summed E-state index contributed by atoms with van der Waals surface area (Å²) in [5.41, 5.74) is 2.64. The van der Waals surface area contributed by atoms with Crippen LogP contribution in [0.5, 0.6) is 0 Å². The molecule has 1 aromatic rings. The van der Waals surface area contributed by atoms with Gasteiger partial charge in [-0.25, -0.2) is 0 Å². The third kappa shape index (κ3) is 3.92. The zero-order chi connectivity index (χ0) is 14.8. The van der Waals surface area contributed by atoms with Crippen LogP contribution < -0.4 is 10.2 Å². The maximum absolute atomic E-state index is 4.65. The van der Waals surface area contributed by atoms with Gasteiger partial charge in [0, 0.05) is 43.5 Å². The van der Waals surface area contributed by atoms with Gasteiger partial charge in [-0.1, -0.05) is 0 Å². The fourth-order valence-corrected chi connectivity index (χ4v) is 3.49. The Kier molecular flexibility index (Phi) is 5.02. The summed E-state index contributed by atoms with van der Waals surface area (Å²) in [6.07, 6.45) is 1.26. The molecule has 5 heteroatoms. The van der Waals surface area contributed by atoms with Gasteiger partial charge in [-0.15, -0.1) is 0 Å². The molecule has 0 bridgehead atoms. The number of rotatable bonds is 3. The summed E-state index contributed by atoms with van der Waals surface area (Å²) in [6.45, 7) is 11.9. The van der Waals surface area contributed by atoms with E-state index in [1.165, 1.54) is 29.3 Å². The van der Waals surface area contributed by atoms with E-state index < -0.39 is 0 Å². The molecule has 0 unspecified atom stereocenters. The summed E-state index contributed by atoms with van der Waals surface area (Å²) in [5, 5.41) is 8.25. The van der Waals surface area contributed by atoms with E-state index in [1.54, 1.807) is 0 Å². The lowest BCUT2D eigenvalue weighted by Crippen LogP contribution is -2.36. The van der Waals surface area contributed by atoms with Gasteiger partial charge in [-0.2, -0.15) is 16.9 Å². The average Bonchev–Trinajstić information content (AvgIpc) is 2.56. The monoisotopic (exact) mass is 296 g/mol. The first kappa shape index (κ1) is 15.7. The van der Waals surface area contributed by atoms with E-state index in [9.17, 15) is 0 Å². The lowest BCUT2D eigenvalue weighted by atomic mass is 10.1. The topological polar surface area (TPSA) is 33.1 Å². The van der Waals surface area contributed by atoms with E-state index >= 15 is 0 Å². The van der Waals surface area contributed by atoms with Gasteiger partial charge in [-0.3, -0.25) is 4.68 Å². The summed E-state index contributed by atoms with van der Waals surface area (Å²) in [4.78, 5) is 2.51. The molecule has 0 radical (unpaired) electrons. The predicted octanol–water partition coefficient (Wildman–Crippen LogP) is 2.56. The van der Waals surface area contributed by atoms with E-state index in [2.05, 4.69) is 66.5 Å². The second-order valence-electron chi connectivity index (χ2n) is 6.57. The van der Waals surface area contributed by atoms with Crippen LogP contribution in [0.3, 0.4) is 0 Å². The second-order valence-corrected chi connectivity index (χ2v) is 7.79. The van der Waals surface area contributed by atoms with Crippen molar-refractivity contribution in [3.05, 3.63) is 11.3 Å². The molecule has 1 fully saturated rings. The van der Waals surface area contributed by atoms with E-state index in [0.29, 0.717) is 0 Å². The van der Waals surface area contributed by atoms with Crippen molar-refractivity contribution in [3.8, 4) is 0 Å². The summed E-state index contributed by atoms with van der Waals surface area (Å²) >= 11 is 2.06. The van der Waals surface area contributed by atoms with Crippen molar-refractivity contribution in [2.75, 3.05) is 29.5 Å². The summed E-state index contributed by atoms with van der Waals surface area (Å²) in [6, 6.07) is 0. The minimum atomic E-state index is 0.133. The molecule has 114 valence electrons. The van der Waals surface area contributed by atoms with E-state index in [1.807, 2.05) is 0 Å².